The second kappa shape index (κ2) is 5.38. The molecule has 0 spiro atoms. The van der Waals surface area contributed by atoms with Gasteiger partial charge >= 0.3 is 0 Å². The minimum absolute atomic E-state index is 0.543. The number of para-hydroxylation sites is 1. The second-order valence-electron chi connectivity index (χ2n) is 5.21. The molecule has 0 aliphatic heterocycles. The number of fused-ring (bicyclic) bond motifs is 2. The summed E-state index contributed by atoms with van der Waals surface area (Å²) in [6.45, 7) is 0. The number of nitrogens with zero attached hydrogens (tertiary/aromatic N) is 2. The van der Waals surface area contributed by atoms with Crippen molar-refractivity contribution in [1.82, 2.24) is 4.98 Å². The quantitative estimate of drug-likeness (QED) is 0.523. The number of hydrogen-bond acceptors (Lipinski definition) is 4. The molecule has 0 radical (unpaired) electrons. The van der Waals surface area contributed by atoms with Crippen LogP contribution in [0.4, 0.5) is 0 Å². The van der Waals surface area contributed by atoms with Crippen molar-refractivity contribution in [2.75, 3.05) is 7.11 Å². The van der Waals surface area contributed by atoms with Gasteiger partial charge in [-0.15, -0.1) is 11.3 Å². The molecule has 4 aromatic rings. The molecule has 1 heterocycles. The summed E-state index contributed by atoms with van der Waals surface area (Å²) in [6, 6.07) is 20.3. The predicted octanol–water partition coefficient (Wildman–Crippen LogP) is 5.00. The first kappa shape index (κ1) is 13.7. The Kier molecular flexibility index (Phi) is 3.22. The van der Waals surface area contributed by atoms with Gasteiger partial charge in [-0.1, -0.05) is 24.3 Å². The van der Waals surface area contributed by atoms with E-state index in [1.165, 1.54) is 4.70 Å². The minimum Gasteiger partial charge on any atom is -0.495 e. The molecule has 4 heteroatoms. The molecule has 0 atom stereocenters. The molecule has 0 saturated heterocycles. The number of hydrogen-bond donors (Lipinski definition) is 0. The van der Waals surface area contributed by atoms with E-state index < -0.39 is 0 Å². The lowest BCUT2D eigenvalue weighted by Crippen LogP contribution is -1.88. The SMILES string of the molecule is COc1cc2ccc(-c3nc4ccccc4s3)cc2cc1C#N. The lowest BCUT2D eigenvalue weighted by molar-refractivity contribution is 0.414. The van der Waals surface area contributed by atoms with Crippen molar-refractivity contribution < 1.29 is 4.74 Å². The molecule has 0 aliphatic rings. The fourth-order valence-corrected chi connectivity index (χ4v) is 3.62. The van der Waals surface area contributed by atoms with E-state index in [0.717, 1.165) is 26.9 Å². The number of aromatic nitrogens is 1. The summed E-state index contributed by atoms with van der Waals surface area (Å²) in [7, 11) is 1.58. The largest absolute Gasteiger partial charge is 0.495 e. The predicted molar refractivity (Wildman–Crippen MR) is 93.8 cm³/mol. The number of ether oxygens (including phenoxy) is 1. The Morgan fingerprint density at radius 2 is 1.91 bits per heavy atom. The molecule has 23 heavy (non-hydrogen) atoms. The zero-order valence-electron chi connectivity index (χ0n) is 12.4. The van der Waals surface area contributed by atoms with E-state index in [9.17, 15) is 5.26 Å². The van der Waals surface area contributed by atoms with Crippen LogP contribution in [-0.4, -0.2) is 12.1 Å². The summed E-state index contributed by atoms with van der Waals surface area (Å²) in [4.78, 5) is 4.69. The zero-order valence-corrected chi connectivity index (χ0v) is 13.2. The van der Waals surface area contributed by atoms with Crippen LogP contribution in [0.1, 0.15) is 5.56 Å². The van der Waals surface area contributed by atoms with E-state index in [4.69, 9.17) is 9.72 Å². The maximum absolute atomic E-state index is 9.25. The molecule has 0 aliphatic carbocycles. The van der Waals surface area contributed by atoms with Crippen molar-refractivity contribution >= 4 is 32.3 Å². The third-order valence-corrected chi connectivity index (χ3v) is 4.91. The highest BCUT2D eigenvalue weighted by Crippen LogP contribution is 2.33. The summed E-state index contributed by atoms with van der Waals surface area (Å²) >= 11 is 1.68. The van der Waals surface area contributed by atoms with Crippen molar-refractivity contribution in [3.63, 3.8) is 0 Å². The van der Waals surface area contributed by atoms with Crippen molar-refractivity contribution in [3.05, 3.63) is 60.2 Å². The molecular weight excluding hydrogens is 304 g/mol. The first-order chi connectivity index (χ1) is 11.3. The van der Waals surface area contributed by atoms with Crippen molar-refractivity contribution in [3.8, 4) is 22.4 Å². The average molecular weight is 316 g/mol. The van der Waals surface area contributed by atoms with Crippen LogP contribution in [0.5, 0.6) is 5.75 Å². The number of thiazole rings is 1. The van der Waals surface area contributed by atoms with E-state index in [2.05, 4.69) is 24.3 Å². The van der Waals surface area contributed by atoms with Gasteiger partial charge in [0.25, 0.3) is 0 Å². The third kappa shape index (κ3) is 2.32. The molecule has 0 unspecified atom stereocenters. The lowest BCUT2D eigenvalue weighted by Gasteiger charge is -2.06. The average Bonchev–Trinajstić information content (AvgIpc) is 3.04. The van der Waals surface area contributed by atoms with Gasteiger partial charge in [0.05, 0.1) is 22.9 Å². The number of rotatable bonds is 2. The van der Waals surface area contributed by atoms with Gasteiger partial charge in [0, 0.05) is 5.56 Å². The number of nitriles is 1. The molecule has 0 bridgehead atoms. The van der Waals surface area contributed by atoms with Gasteiger partial charge in [0.1, 0.15) is 16.8 Å². The van der Waals surface area contributed by atoms with Crippen LogP contribution in [0, 0.1) is 11.3 Å². The molecular formula is C19H12N2OS. The van der Waals surface area contributed by atoms with Gasteiger partial charge in [-0.2, -0.15) is 5.26 Å². The Balaban J connectivity index is 1.89. The van der Waals surface area contributed by atoms with Crippen molar-refractivity contribution in [2.24, 2.45) is 0 Å². The van der Waals surface area contributed by atoms with Crippen LogP contribution < -0.4 is 4.74 Å². The summed E-state index contributed by atoms with van der Waals surface area (Å²) in [5.74, 6) is 0.604. The van der Waals surface area contributed by atoms with Gasteiger partial charge in [-0.3, -0.25) is 0 Å². The maximum Gasteiger partial charge on any atom is 0.137 e. The number of methoxy groups -OCH3 is 1. The molecule has 3 nitrogen and oxygen atoms in total. The molecule has 0 amide bonds. The fraction of sp³-hybridized carbons (Fsp3) is 0.0526. The normalized spacial score (nSPS) is 10.8. The van der Waals surface area contributed by atoms with Crippen LogP contribution in [0.3, 0.4) is 0 Å². The summed E-state index contributed by atoms with van der Waals surface area (Å²) < 4.78 is 6.44. The van der Waals surface area contributed by atoms with E-state index in [1.807, 2.05) is 36.4 Å². The van der Waals surface area contributed by atoms with Crippen LogP contribution in [-0.2, 0) is 0 Å². The van der Waals surface area contributed by atoms with Gasteiger partial charge < -0.3 is 4.74 Å². The fourth-order valence-electron chi connectivity index (χ4n) is 2.66. The smallest absolute Gasteiger partial charge is 0.137 e. The Hall–Kier alpha value is -2.90. The van der Waals surface area contributed by atoms with Gasteiger partial charge in [-0.05, 0) is 41.1 Å². The topological polar surface area (TPSA) is 45.9 Å². The molecule has 0 saturated carbocycles. The summed E-state index contributed by atoms with van der Waals surface area (Å²) in [6.07, 6.45) is 0. The van der Waals surface area contributed by atoms with E-state index in [1.54, 1.807) is 18.4 Å². The molecule has 1 aromatic heterocycles. The highest BCUT2D eigenvalue weighted by atomic mass is 32.1. The van der Waals surface area contributed by atoms with Gasteiger partial charge in [0.15, 0.2) is 0 Å². The standard InChI is InChI=1S/C19H12N2OS/c1-22-17-10-12-6-7-13(8-14(12)9-15(17)11-20)19-21-16-4-2-3-5-18(16)23-19/h2-10H,1H3. The number of benzene rings is 3. The summed E-state index contributed by atoms with van der Waals surface area (Å²) in [5, 5.41) is 12.3. The van der Waals surface area contributed by atoms with E-state index in [0.29, 0.717) is 11.3 Å². The third-order valence-electron chi connectivity index (χ3n) is 3.82. The Labute approximate surface area is 137 Å². The molecule has 110 valence electrons. The zero-order chi connectivity index (χ0) is 15.8. The first-order valence-corrected chi connectivity index (χ1v) is 7.98. The lowest BCUT2D eigenvalue weighted by atomic mass is 10.0. The maximum atomic E-state index is 9.25. The minimum atomic E-state index is 0.543. The Morgan fingerprint density at radius 1 is 1.04 bits per heavy atom. The summed E-state index contributed by atoms with van der Waals surface area (Å²) in [5.41, 5.74) is 2.62. The molecule has 0 fully saturated rings. The van der Waals surface area contributed by atoms with Crippen LogP contribution in [0.15, 0.2) is 54.6 Å². The van der Waals surface area contributed by atoms with E-state index >= 15 is 0 Å². The van der Waals surface area contributed by atoms with Crippen LogP contribution >= 0.6 is 11.3 Å². The Bertz CT molecular complexity index is 1040. The molecule has 4 rings (SSSR count). The van der Waals surface area contributed by atoms with E-state index in [-0.39, 0.29) is 0 Å². The van der Waals surface area contributed by atoms with Crippen molar-refractivity contribution in [1.29, 1.82) is 5.26 Å². The van der Waals surface area contributed by atoms with Crippen LogP contribution in [0.2, 0.25) is 0 Å². The first-order valence-electron chi connectivity index (χ1n) is 7.16. The molecule has 0 N–H and O–H groups in total. The molecule has 3 aromatic carbocycles. The monoisotopic (exact) mass is 316 g/mol. The van der Waals surface area contributed by atoms with Gasteiger partial charge in [-0.25, -0.2) is 4.98 Å². The highest BCUT2D eigenvalue weighted by molar-refractivity contribution is 7.21. The van der Waals surface area contributed by atoms with Crippen molar-refractivity contribution in [2.45, 2.75) is 0 Å². The second-order valence-corrected chi connectivity index (χ2v) is 6.24. The van der Waals surface area contributed by atoms with Crippen LogP contribution in [0.25, 0.3) is 31.6 Å². The van der Waals surface area contributed by atoms with Gasteiger partial charge in [0.2, 0.25) is 0 Å². The highest BCUT2D eigenvalue weighted by Gasteiger charge is 2.09. The Morgan fingerprint density at radius 3 is 2.70 bits per heavy atom.